The lowest BCUT2D eigenvalue weighted by Crippen LogP contribution is -3.12. The van der Waals surface area contributed by atoms with Gasteiger partial charge in [0.15, 0.2) is 0 Å². The van der Waals surface area contributed by atoms with Crippen molar-refractivity contribution in [3.05, 3.63) is 67.2 Å². The molecule has 25 heavy (non-hydrogen) atoms. The van der Waals surface area contributed by atoms with Crippen LogP contribution in [-0.4, -0.2) is 6.54 Å². The van der Waals surface area contributed by atoms with E-state index in [0.717, 1.165) is 42.4 Å². The molecule has 130 valence electrons. The molecule has 4 heteroatoms. The van der Waals surface area contributed by atoms with Crippen LogP contribution >= 0.6 is 11.3 Å². The van der Waals surface area contributed by atoms with Crippen LogP contribution in [0.4, 0.5) is 0 Å². The first-order valence-electron chi connectivity index (χ1n) is 9.01. The Morgan fingerprint density at radius 1 is 1.24 bits per heavy atom. The smallest absolute Gasteiger partial charge is 0.336 e. The molecule has 0 spiro atoms. The van der Waals surface area contributed by atoms with Gasteiger partial charge in [0.2, 0.25) is 0 Å². The Morgan fingerprint density at radius 2 is 2.04 bits per heavy atom. The number of thiophene rings is 1. The van der Waals surface area contributed by atoms with E-state index in [1.54, 1.807) is 15.8 Å². The van der Waals surface area contributed by atoms with Gasteiger partial charge in [0, 0.05) is 40.3 Å². The Bertz CT molecular complexity index is 985. The first-order chi connectivity index (χ1) is 12.1. The van der Waals surface area contributed by atoms with E-state index < -0.39 is 0 Å². The predicted molar refractivity (Wildman–Crippen MR) is 103 cm³/mol. The van der Waals surface area contributed by atoms with Crippen molar-refractivity contribution in [2.45, 2.75) is 46.2 Å². The van der Waals surface area contributed by atoms with E-state index in [2.05, 4.69) is 38.3 Å². The van der Waals surface area contributed by atoms with Gasteiger partial charge in [-0.1, -0.05) is 6.92 Å². The minimum absolute atomic E-state index is 0.244. The van der Waals surface area contributed by atoms with Crippen molar-refractivity contribution in [1.29, 1.82) is 0 Å². The van der Waals surface area contributed by atoms with Crippen molar-refractivity contribution < 1.29 is 9.32 Å². The zero-order chi connectivity index (χ0) is 17.6. The highest BCUT2D eigenvalue weighted by atomic mass is 32.1. The minimum atomic E-state index is -0.244. The molecule has 3 heterocycles. The molecule has 3 aromatic rings. The van der Waals surface area contributed by atoms with Gasteiger partial charge in [0.1, 0.15) is 18.2 Å². The molecule has 0 aliphatic carbocycles. The van der Waals surface area contributed by atoms with Gasteiger partial charge in [0.25, 0.3) is 0 Å². The monoisotopic (exact) mass is 354 g/mol. The molecule has 0 saturated carbocycles. The van der Waals surface area contributed by atoms with Crippen molar-refractivity contribution in [3.8, 4) is 0 Å². The van der Waals surface area contributed by atoms with Crippen molar-refractivity contribution in [2.24, 2.45) is 0 Å². The number of benzene rings is 1. The molecule has 4 rings (SSSR count). The van der Waals surface area contributed by atoms with Crippen LogP contribution in [0.5, 0.6) is 0 Å². The third kappa shape index (κ3) is 2.94. The van der Waals surface area contributed by atoms with Gasteiger partial charge in [-0.15, -0.1) is 11.3 Å². The van der Waals surface area contributed by atoms with Crippen LogP contribution in [0.2, 0.25) is 0 Å². The van der Waals surface area contributed by atoms with E-state index in [0.29, 0.717) is 11.6 Å². The largest absolute Gasteiger partial charge is 0.423 e. The number of nitrogens with one attached hydrogen (secondary N) is 1. The Labute approximate surface area is 151 Å². The van der Waals surface area contributed by atoms with Gasteiger partial charge in [-0.3, -0.25) is 0 Å². The fourth-order valence-electron chi connectivity index (χ4n) is 4.13. The first kappa shape index (κ1) is 16.6. The molecule has 1 N–H and O–H groups in total. The van der Waals surface area contributed by atoms with Crippen LogP contribution in [0.25, 0.3) is 11.0 Å². The van der Waals surface area contributed by atoms with E-state index in [-0.39, 0.29) is 5.63 Å². The molecule has 1 aliphatic heterocycles. The van der Waals surface area contributed by atoms with Gasteiger partial charge < -0.3 is 9.32 Å². The topological polar surface area (TPSA) is 34.7 Å². The fourth-order valence-corrected chi connectivity index (χ4v) is 5.07. The zero-order valence-electron chi connectivity index (χ0n) is 15.0. The summed E-state index contributed by atoms with van der Waals surface area (Å²) in [6, 6.07) is 8.67. The first-order valence-corrected chi connectivity index (χ1v) is 9.89. The molecule has 1 aromatic carbocycles. The number of hydrogen-bond acceptors (Lipinski definition) is 3. The van der Waals surface area contributed by atoms with Crippen LogP contribution in [0, 0.1) is 13.8 Å². The van der Waals surface area contributed by atoms with Crippen LogP contribution in [0.1, 0.15) is 46.5 Å². The Morgan fingerprint density at radius 3 is 2.84 bits per heavy atom. The van der Waals surface area contributed by atoms with Gasteiger partial charge in [-0.25, -0.2) is 4.79 Å². The minimum Gasteiger partial charge on any atom is -0.423 e. The summed E-state index contributed by atoms with van der Waals surface area (Å²) in [5.74, 6) is 0. The predicted octanol–water partition coefficient (Wildman–Crippen LogP) is 3.56. The maximum absolute atomic E-state index is 12.1. The highest BCUT2D eigenvalue weighted by Crippen LogP contribution is 2.28. The van der Waals surface area contributed by atoms with Crippen LogP contribution in [0.15, 0.2) is 38.9 Å². The summed E-state index contributed by atoms with van der Waals surface area (Å²) in [7, 11) is 0. The molecule has 2 aromatic heterocycles. The molecule has 0 bridgehead atoms. The van der Waals surface area contributed by atoms with Crippen molar-refractivity contribution in [1.82, 2.24) is 0 Å². The number of aryl methyl sites for hydroxylation is 2. The third-order valence-corrected chi connectivity index (χ3v) is 6.59. The summed E-state index contributed by atoms with van der Waals surface area (Å²) < 4.78 is 5.46. The van der Waals surface area contributed by atoms with E-state index in [9.17, 15) is 4.79 Å². The van der Waals surface area contributed by atoms with E-state index in [1.807, 2.05) is 17.4 Å². The number of fused-ring (bicyclic) bond motifs is 2. The maximum Gasteiger partial charge on any atom is 0.336 e. The van der Waals surface area contributed by atoms with Crippen LogP contribution in [0.3, 0.4) is 0 Å². The lowest BCUT2D eigenvalue weighted by atomic mass is 9.96. The summed E-state index contributed by atoms with van der Waals surface area (Å²) in [6.45, 7) is 8.44. The second kappa shape index (κ2) is 6.43. The molecule has 0 radical (unpaired) electrons. The van der Waals surface area contributed by atoms with Crippen molar-refractivity contribution in [2.75, 3.05) is 6.54 Å². The average Bonchev–Trinajstić information content (AvgIpc) is 3.05. The number of rotatable bonds is 3. The Balaban J connectivity index is 1.76. The molecule has 0 saturated heterocycles. The molecular formula is C21H24NO2S+. The fraction of sp³-hybridized carbons (Fsp3) is 0.381. The second-order valence-corrected chi connectivity index (χ2v) is 8.12. The van der Waals surface area contributed by atoms with E-state index in [4.69, 9.17) is 4.42 Å². The zero-order valence-corrected chi connectivity index (χ0v) is 15.8. The highest BCUT2D eigenvalue weighted by Gasteiger charge is 2.31. The summed E-state index contributed by atoms with van der Waals surface area (Å²) in [4.78, 5) is 15.2. The van der Waals surface area contributed by atoms with Crippen molar-refractivity contribution >= 4 is 22.3 Å². The highest BCUT2D eigenvalue weighted by molar-refractivity contribution is 7.10. The number of hydrogen-bond donors (Lipinski definition) is 1. The lowest BCUT2D eigenvalue weighted by molar-refractivity contribution is -0.947. The molecule has 0 amide bonds. The summed E-state index contributed by atoms with van der Waals surface area (Å²) in [5, 5.41) is 3.30. The Kier molecular flexibility index (Phi) is 4.26. The molecule has 1 aliphatic rings. The molecule has 2 atom stereocenters. The van der Waals surface area contributed by atoms with Gasteiger partial charge >= 0.3 is 5.63 Å². The van der Waals surface area contributed by atoms with Gasteiger partial charge in [0.05, 0.1) is 6.54 Å². The standard InChI is InChI=1S/C21H23NO2S/c1-4-18-16-6-8-25-20(16)5-7-22(18)12-15-11-21(23)24-19-10-14(3)13(2)9-17(15)19/h6,8-11,18H,4-5,7,12H2,1-3H3/p+1/t18-/m0/s1. The average molecular weight is 354 g/mol. The Hall–Kier alpha value is -1.91. The van der Waals surface area contributed by atoms with Gasteiger partial charge in [-0.05, 0) is 48.6 Å². The van der Waals surface area contributed by atoms with E-state index >= 15 is 0 Å². The van der Waals surface area contributed by atoms with Crippen LogP contribution in [-0.2, 0) is 13.0 Å². The molecule has 1 unspecified atom stereocenters. The van der Waals surface area contributed by atoms with Gasteiger partial charge in [-0.2, -0.15) is 0 Å². The third-order valence-electron chi connectivity index (χ3n) is 5.59. The molecular weight excluding hydrogens is 330 g/mol. The maximum atomic E-state index is 12.1. The quantitative estimate of drug-likeness (QED) is 0.730. The normalized spacial score (nSPS) is 20.0. The summed E-state index contributed by atoms with van der Waals surface area (Å²) in [6.07, 6.45) is 2.26. The van der Waals surface area contributed by atoms with Crippen LogP contribution < -0.4 is 10.5 Å². The molecule has 0 fully saturated rings. The lowest BCUT2D eigenvalue weighted by Gasteiger charge is -2.32. The summed E-state index contributed by atoms with van der Waals surface area (Å²) in [5.41, 5.74) is 5.49. The number of quaternary nitrogens is 1. The SMILES string of the molecule is CC[C@H]1c2ccsc2CC[NH+]1Cc1cc(=O)oc2cc(C)c(C)cc12. The van der Waals surface area contributed by atoms with E-state index in [1.165, 1.54) is 11.1 Å². The van der Waals surface area contributed by atoms with Crippen molar-refractivity contribution in [3.63, 3.8) is 0 Å². The second-order valence-electron chi connectivity index (χ2n) is 7.12. The summed E-state index contributed by atoms with van der Waals surface area (Å²) >= 11 is 1.88. The molecule has 3 nitrogen and oxygen atoms in total.